The third-order valence-corrected chi connectivity index (χ3v) is 4.30. The summed E-state index contributed by atoms with van der Waals surface area (Å²) in [6.07, 6.45) is -0.313. The first-order chi connectivity index (χ1) is 11.4. The Morgan fingerprint density at radius 2 is 1.75 bits per heavy atom. The lowest BCUT2D eigenvalue weighted by Gasteiger charge is -2.24. The fourth-order valence-corrected chi connectivity index (χ4v) is 2.76. The molecule has 126 valence electrons. The van der Waals surface area contributed by atoms with Gasteiger partial charge in [0.1, 0.15) is 0 Å². The number of benzene rings is 2. The number of carbonyl (C=O) groups is 2. The Hall–Kier alpha value is -2.62. The molecule has 0 saturated heterocycles. The van der Waals surface area contributed by atoms with Crippen molar-refractivity contribution in [1.82, 2.24) is 0 Å². The summed E-state index contributed by atoms with van der Waals surface area (Å²) in [7, 11) is 0. The summed E-state index contributed by atoms with van der Waals surface area (Å²) in [6.45, 7) is 5.72. The first-order valence-corrected chi connectivity index (χ1v) is 8.01. The molecule has 0 heterocycles. The number of carboxylic acid groups (broad SMARTS) is 1. The predicted octanol–water partition coefficient (Wildman–Crippen LogP) is 2.80. The zero-order valence-electron chi connectivity index (χ0n) is 14.2. The van der Waals surface area contributed by atoms with Crippen LogP contribution in [-0.2, 0) is 9.59 Å². The van der Waals surface area contributed by atoms with Crippen LogP contribution >= 0.6 is 0 Å². The van der Waals surface area contributed by atoms with E-state index in [2.05, 4.69) is 5.32 Å². The van der Waals surface area contributed by atoms with Crippen LogP contribution in [0.1, 0.15) is 36.0 Å². The van der Waals surface area contributed by atoms with Gasteiger partial charge in [-0.3, -0.25) is 4.79 Å². The third kappa shape index (κ3) is 4.44. The highest BCUT2D eigenvalue weighted by molar-refractivity contribution is 5.95. The minimum absolute atomic E-state index is 0.228. The SMILES string of the molecule is Cc1ccc(C)c(NC(=O)[C@@H](CC(=O)[O-])[C@@H](C)c2ccccc2)c1. The van der Waals surface area contributed by atoms with Gasteiger partial charge in [0.2, 0.25) is 5.91 Å². The monoisotopic (exact) mass is 324 g/mol. The summed E-state index contributed by atoms with van der Waals surface area (Å²) in [5.41, 5.74) is 3.61. The second kappa shape index (κ2) is 7.77. The van der Waals surface area contributed by atoms with Crippen molar-refractivity contribution in [3.8, 4) is 0 Å². The van der Waals surface area contributed by atoms with E-state index in [4.69, 9.17) is 0 Å². The Labute approximate surface area is 142 Å². The zero-order valence-corrected chi connectivity index (χ0v) is 14.2. The molecule has 0 unspecified atom stereocenters. The van der Waals surface area contributed by atoms with Crippen molar-refractivity contribution in [2.75, 3.05) is 5.32 Å². The average Bonchev–Trinajstić information content (AvgIpc) is 2.56. The number of hydrogen-bond donors (Lipinski definition) is 1. The molecule has 0 fully saturated rings. The Bertz CT molecular complexity index is 725. The first-order valence-electron chi connectivity index (χ1n) is 8.01. The van der Waals surface area contributed by atoms with Crippen molar-refractivity contribution >= 4 is 17.6 Å². The molecular weight excluding hydrogens is 302 g/mol. The van der Waals surface area contributed by atoms with Crippen LogP contribution in [0.3, 0.4) is 0 Å². The van der Waals surface area contributed by atoms with E-state index in [0.717, 1.165) is 16.7 Å². The van der Waals surface area contributed by atoms with E-state index in [1.807, 2.05) is 69.3 Å². The van der Waals surface area contributed by atoms with Crippen LogP contribution in [0.5, 0.6) is 0 Å². The van der Waals surface area contributed by atoms with Crippen LogP contribution in [0.2, 0.25) is 0 Å². The lowest BCUT2D eigenvalue weighted by atomic mass is 9.84. The van der Waals surface area contributed by atoms with Crippen LogP contribution in [0.15, 0.2) is 48.5 Å². The summed E-state index contributed by atoms with van der Waals surface area (Å²) >= 11 is 0. The van der Waals surface area contributed by atoms with Crippen LogP contribution in [0.25, 0.3) is 0 Å². The minimum Gasteiger partial charge on any atom is -0.550 e. The van der Waals surface area contributed by atoms with Gasteiger partial charge in [0, 0.05) is 11.7 Å². The number of aryl methyl sites for hydroxylation is 2. The van der Waals surface area contributed by atoms with Gasteiger partial charge in [-0.25, -0.2) is 0 Å². The molecule has 1 N–H and O–H groups in total. The van der Waals surface area contributed by atoms with Crippen LogP contribution in [0, 0.1) is 19.8 Å². The van der Waals surface area contributed by atoms with Crippen LogP contribution in [-0.4, -0.2) is 11.9 Å². The topological polar surface area (TPSA) is 69.2 Å². The molecule has 0 bridgehead atoms. The Balaban J connectivity index is 2.25. The summed E-state index contributed by atoms with van der Waals surface area (Å²) in [6, 6.07) is 15.2. The molecular formula is C20H22NO3-. The van der Waals surface area contributed by atoms with Gasteiger partial charge in [-0.15, -0.1) is 0 Å². The lowest BCUT2D eigenvalue weighted by molar-refractivity contribution is -0.306. The quantitative estimate of drug-likeness (QED) is 0.888. The molecule has 4 heteroatoms. The van der Waals surface area contributed by atoms with Crippen molar-refractivity contribution in [1.29, 1.82) is 0 Å². The van der Waals surface area contributed by atoms with Crippen molar-refractivity contribution in [2.45, 2.75) is 33.1 Å². The first kappa shape index (κ1) is 17.7. The zero-order chi connectivity index (χ0) is 17.7. The summed E-state index contributed by atoms with van der Waals surface area (Å²) in [4.78, 5) is 23.9. The van der Waals surface area contributed by atoms with E-state index in [9.17, 15) is 14.7 Å². The fraction of sp³-hybridized carbons (Fsp3) is 0.300. The number of nitrogens with one attached hydrogen (secondary N) is 1. The highest BCUT2D eigenvalue weighted by Gasteiger charge is 2.26. The van der Waals surface area contributed by atoms with Gasteiger partial charge >= 0.3 is 0 Å². The number of anilines is 1. The Morgan fingerprint density at radius 1 is 1.08 bits per heavy atom. The molecule has 0 saturated carbocycles. The van der Waals surface area contributed by atoms with Gasteiger partial charge in [-0.1, -0.05) is 49.4 Å². The predicted molar refractivity (Wildman–Crippen MR) is 92.5 cm³/mol. The number of carboxylic acids is 1. The van der Waals surface area contributed by atoms with E-state index in [-0.39, 0.29) is 18.2 Å². The Morgan fingerprint density at radius 3 is 2.38 bits per heavy atom. The largest absolute Gasteiger partial charge is 0.550 e. The second-order valence-electron chi connectivity index (χ2n) is 6.19. The lowest BCUT2D eigenvalue weighted by Crippen LogP contribution is -2.34. The number of aliphatic carboxylic acids is 1. The summed E-state index contributed by atoms with van der Waals surface area (Å²) < 4.78 is 0. The fourth-order valence-electron chi connectivity index (χ4n) is 2.76. The molecule has 0 aliphatic rings. The molecule has 2 aromatic carbocycles. The van der Waals surface area contributed by atoms with Gasteiger partial charge in [0.15, 0.2) is 0 Å². The molecule has 4 nitrogen and oxygen atoms in total. The van der Waals surface area contributed by atoms with E-state index in [1.54, 1.807) is 0 Å². The van der Waals surface area contributed by atoms with E-state index in [0.29, 0.717) is 5.69 Å². The smallest absolute Gasteiger partial charge is 0.228 e. The number of amides is 1. The molecule has 0 spiro atoms. The maximum Gasteiger partial charge on any atom is 0.228 e. The number of rotatable bonds is 6. The molecule has 2 rings (SSSR count). The summed E-state index contributed by atoms with van der Waals surface area (Å²) in [5.74, 6) is -2.45. The maximum absolute atomic E-state index is 12.7. The highest BCUT2D eigenvalue weighted by Crippen LogP contribution is 2.28. The normalized spacial score (nSPS) is 13.1. The van der Waals surface area contributed by atoms with E-state index >= 15 is 0 Å². The average molecular weight is 324 g/mol. The van der Waals surface area contributed by atoms with Gasteiger partial charge in [0.25, 0.3) is 0 Å². The van der Waals surface area contributed by atoms with Crippen molar-refractivity contribution in [2.24, 2.45) is 5.92 Å². The molecule has 0 aromatic heterocycles. The van der Waals surface area contributed by atoms with Gasteiger partial charge < -0.3 is 15.2 Å². The van der Waals surface area contributed by atoms with Crippen LogP contribution in [0.4, 0.5) is 5.69 Å². The molecule has 2 atom stereocenters. The van der Waals surface area contributed by atoms with Crippen LogP contribution < -0.4 is 10.4 Å². The minimum atomic E-state index is -1.22. The van der Waals surface area contributed by atoms with Gasteiger partial charge in [-0.05, 0) is 48.9 Å². The molecule has 0 radical (unpaired) electrons. The van der Waals surface area contributed by atoms with E-state index < -0.39 is 11.9 Å². The molecule has 0 aliphatic carbocycles. The van der Waals surface area contributed by atoms with Crippen molar-refractivity contribution in [3.63, 3.8) is 0 Å². The number of carbonyl (C=O) groups excluding carboxylic acids is 2. The van der Waals surface area contributed by atoms with Gasteiger partial charge in [-0.2, -0.15) is 0 Å². The second-order valence-corrected chi connectivity index (χ2v) is 6.19. The van der Waals surface area contributed by atoms with Crippen molar-refractivity contribution < 1.29 is 14.7 Å². The van der Waals surface area contributed by atoms with Crippen molar-refractivity contribution in [3.05, 3.63) is 65.2 Å². The molecule has 1 amide bonds. The maximum atomic E-state index is 12.7. The third-order valence-electron chi connectivity index (χ3n) is 4.30. The van der Waals surface area contributed by atoms with Gasteiger partial charge in [0.05, 0.1) is 5.92 Å². The molecule has 2 aromatic rings. The molecule has 24 heavy (non-hydrogen) atoms. The Kier molecular flexibility index (Phi) is 5.74. The standard InChI is InChI=1S/C20H23NO3/c1-13-9-10-14(2)18(11-13)21-20(24)17(12-19(22)23)15(3)16-7-5-4-6-8-16/h4-11,15,17H,12H2,1-3H3,(H,21,24)(H,22,23)/p-1/t15-,17-/m0/s1. The van der Waals surface area contributed by atoms with E-state index in [1.165, 1.54) is 0 Å². The summed E-state index contributed by atoms with van der Waals surface area (Å²) in [5, 5.41) is 14.0. The molecule has 0 aliphatic heterocycles. The number of hydrogen-bond acceptors (Lipinski definition) is 3. The highest BCUT2D eigenvalue weighted by atomic mass is 16.4.